The number of halogens is 1. The molecule has 2 aromatic rings. The minimum Gasteiger partial charge on any atom is -0.354 e. The van der Waals surface area contributed by atoms with Crippen LogP contribution in [0, 0.1) is 0 Å². The summed E-state index contributed by atoms with van der Waals surface area (Å²) in [6.07, 6.45) is 3.67. The van der Waals surface area contributed by atoms with Crippen LogP contribution in [0.5, 0.6) is 0 Å². The fourth-order valence-electron chi connectivity index (χ4n) is 3.50. The number of aromatic nitrogens is 2. The second kappa shape index (κ2) is 5.85. The van der Waals surface area contributed by atoms with E-state index < -0.39 is 0 Å². The molecule has 2 fully saturated rings. The van der Waals surface area contributed by atoms with E-state index >= 15 is 0 Å². The van der Waals surface area contributed by atoms with Gasteiger partial charge in [-0.3, -0.25) is 0 Å². The van der Waals surface area contributed by atoms with Crippen LogP contribution in [0.3, 0.4) is 0 Å². The smallest absolute Gasteiger partial charge is 0.317 e. The van der Waals surface area contributed by atoms with E-state index in [0.717, 1.165) is 55.7 Å². The Kier molecular flexibility index (Phi) is 3.69. The van der Waals surface area contributed by atoms with Crippen molar-refractivity contribution in [1.29, 1.82) is 0 Å². The Morgan fingerprint density at radius 3 is 3.00 bits per heavy atom. The van der Waals surface area contributed by atoms with Gasteiger partial charge in [-0.2, -0.15) is 0 Å². The third kappa shape index (κ3) is 2.67. The first-order valence-corrected chi connectivity index (χ1v) is 8.30. The van der Waals surface area contributed by atoms with Crippen molar-refractivity contribution in [1.82, 2.24) is 20.2 Å². The van der Waals surface area contributed by atoms with Gasteiger partial charge < -0.3 is 15.1 Å². The van der Waals surface area contributed by atoms with Gasteiger partial charge >= 0.3 is 6.03 Å². The Balaban J connectivity index is 1.64. The first-order chi connectivity index (χ1) is 11.2. The fraction of sp³-hybridized carbons (Fsp3) is 0.438. The highest BCUT2D eigenvalue weighted by atomic mass is 35.5. The second-order valence-corrected chi connectivity index (χ2v) is 6.46. The molecule has 6 nitrogen and oxygen atoms in total. The molecule has 0 bridgehead atoms. The van der Waals surface area contributed by atoms with Crippen LogP contribution >= 0.6 is 11.6 Å². The van der Waals surface area contributed by atoms with E-state index in [-0.39, 0.29) is 12.1 Å². The van der Waals surface area contributed by atoms with E-state index in [4.69, 9.17) is 11.6 Å². The normalized spacial score (nSPS) is 21.8. The number of carbonyl (C=O) groups excluding carboxylic acids is 1. The van der Waals surface area contributed by atoms with Crippen molar-refractivity contribution in [3.63, 3.8) is 0 Å². The molecule has 7 heteroatoms. The van der Waals surface area contributed by atoms with Crippen LogP contribution in [0.4, 0.5) is 10.6 Å². The number of nitrogens with one attached hydrogen (secondary N) is 1. The Labute approximate surface area is 139 Å². The molecule has 0 aliphatic carbocycles. The largest absolute Gasteiger partial charge is 0.354 e. The van der Waals surface area contributed by atoms with E-state index in [1.54, 1.807) is 6.33 Å². The van der Waals surface area contributed by atoms with Gasteiger partial charge in [-0.05, 0) is 31.0 Å². The summed E-state index contributed by atoms with van der Waals surface area (Å²) in [6.45, 7) is 3.28. The number of amides is 2. The third-order valence-corrected chi connectivity index (χ3v) is 4.84. The molecule has 1 atom stereocenters. The number of piperidine rings is 1. The summed E-state index contributed by atoms with van der Waals surface area (Å²) < 4.78 is 0. The zero-order valence-electron chi connectivity index (χ0n) is 12.7. The van der Waals surface area contributed by atoms with E-state index in [1.807, 2.05) is 23.1 Å². The zero-order chi connectivity index (χ0) is 15.8. The van der Waals surface area contributed by atoms with Gasteiger partial charge in [0.05, 0.1) is 11.6 Å². The van der Waals surface area contributed by atoms with Crippen molar-refractivity contribution in [2.75, 3.05) is 31.1 Å². The predicted molar refractivity (Wildman–Crippen MR) is 89.9 cm³/mol. The van der Waals surface area contributed by atoms with Crippen molar-refractivity contribution < 1.29 is 4.79 Å². The summed E-state index contributed by atoms with van der Waals surface area (Å²) in [6, 6.07) is 5.99. The SMILES string of the molecule is O=C1NCCN1C1CCCN(c2ncnc3cc(Cl)ccc23)C1. The van der Waals surface area contributed by atoms with E-state index in [0.29, 0.717) is 5.02 Å². The summed E-state index contributed by atoms with van der Waals surface area (Å²) in [5, 5.41) is 4.56. The topological polar surface area (TPSA) is 61.4 Å². The van der Waals surface area contributed by atoms with Gasteiger partial charge in [0.2, 0.25) is 0 Å². The van der Waals surface area contributed by atoms with Crippen LogP contribution < -0.4 is 10.2 Å². The molecule has 2 aliphatic heterocycles. The molecular weight excluding hydrogens is 314 g/mol. The van der Waals surface area contributed by atoms with E-state index in [1.165, 1.54) is 0 Å². The van der Waals surface area contributed by atoms with Gasteiger partial charge in [-0.1, -0.05) is 11.6 Å². The highest BCUT2D eigenvalue weighted by Gasteiger charge is 2.32. The predicted octanol–water partition coefficient (Wildman–Crippen LogP) is 2.28. The maximum absolute atomic E-state index is 11.9. The Bertz CT molecular complexity index is 752. The second-order valence-electron chi connectivity index (χ2n) is 6.03. The number of anilines is 1. The first kappa shape index (κ1) is 14.5. The van der Waals surface area contributed by atoms with Crippen LogP contribution in [0.25, 0.3) is 10.9 Å². The first-order valence-electron chi connectivity index (χ1n) is 7.92. The van der Waals surface area contributed by atoms with Gasteiger partial charge in [0, 0.05) is 36.6 Å². The number of fused-ring (bicyclic) bond motifs is 1. The molecule has 0 spiro atoms. The summed E-state index contributed by atoms with van der Waals surface area (Å²) >= 11 is 6.06. The highest BCUT2D eigenvalue weighted by molar-refractivity contribution is 6.31. The molecule has 2 amide bonds. The van der Waals surface area contributed by atoms with Crippen molar-refractivity contribution in [3.8, 4) is 0 Å². The van der Waals surface area contributed by atoms with Gasteiger partial charge in [-0.15, -0.1) is 0 Å². The van der Waals surface area contributed by atoms with Crippen LogP contribution in [0.2, 0.25) is 5.02 Å². The number of nitrogens with zero attached hydrogens (tertiary/aromatic N) is 4. The standard InChI is InChI=1S/C16H18ClN5O/c17-11-3-4-13-14(8-11)19-10-20-15(13)21-6-1-2-12(9-21)22-7-5-18-16(22)23/h3-4,8,10,12H,1-2,5-7,9H2,(H,18,23). The zero-order valence-corrected chi connectivity index (χ0v) is 13.5. The van der Waals surface area contributed by atoms with Gasteiger partial charge in [0.25, 0.3) is 0 Å². The van der Waals surface area contributed by atoms with Crippen LogP contribution in [0.15, 0.2) is 24.5 Å². The molecule has 4 rings (SSSR count). The Morgan fingerprint density at radius 1 is 1.26 bits per heavy atom. The third-order valence-electron chi connectivity index (χ3n) is 4.60. The molecule has 2 aliphatic rings. The Hall–Kier alpha value is -2.08. The highest BCUT2D eigenvalue weighted by Crippen LogP contribution is 2.28. The molecule has 1 aromatic carbocycles. The average Bonchev–Trinajstić information content (AvgIpc) is 3.00. The quantitative estimate of drug-likeness (QED) is 0.917. The summed E-state index contributed by atoms with van der Waals surface area (Å²) in [4.78, 5) is 24.9. The van der Waals surface area contributed by atoms with Gasteiger partial charge in [-0.25, -0.2) is 14.8 Å². The van der Waals surface area contributed by atoms with Crippen LogP contribution in [0.1, 0.15) is 12.8 Å². The lowest BCUT2D eigenvalue weighted by Gasteiger charge is -2.37. The van der Waals surface area contributed by atoms with Crippen LogP contribution in [-0.2, 0) is 0 Å². The van der Waals surface area contributed by atoms with Crippen molar-refractivity contribution in [2.45, 2.75) is 18.9 Å². The molecule has 23 heavy (non-hydrogen) atoms. The van der Waals surface area contributed by atoms with Gasteiger partial charge in [0.1, 0.15) is 12.1 Å². The average molecular weight is 332 g/mol. The lowest BCUT2D eigenvalue weighted by atomic mass is 10.0. The number of urea groups is 1. The molecule has 1 N–H and O–H groups in total. The van der Waals surface area contributed by atoms with E-state index in [9.17, 15) is 4.79 Å². The molecule has 1 aromatic heterocycles. The van der Waals surface area contributed by atoms with Crippen molar-refractivity contribution >= 4 is 34.4 Å². The summed E-state index contributed by atoms with van der Waals surface area (Å²) in [5.41, 5.74) is 0.850. The number of hydrogen-bond acceptors (Lipinski definition) is 4. The van der Waals surface area contributed by atoms with E-state index in [2.05, 4.69) is 20.2 Å². The summed E-state index contributed by atoms with van der Waals surface area (Å²) in [5.74, 6) is 0.927. The van der Waals surface area contributed by atoms with Crippen molar-refractivity contribution in [3.05, 3.63) is 29.5 Å². The number of carbonyl (C=O) groups is 1. The summed E-state index contributed by atoms with van der Waals surface area (Å²) in [7, 11) is 0. The fourth-order valence-corrected chi connectivity index (χ4v) is 3.67. The lowest BCUT2D eigenvalue weighted by molar-refractivity contribution is 0.189. The number of hydrogen-bond donors (Lipinski definition) is 1. The minimum atomic E-state index is 0.0520. The molecule has 0 saturated carbocycles. The number of rotatable bonds is 2. The molecule has 0 radical (unpaired) electrons. The molecule has 3 heterocycles. The molecule has 2 saturated heterocycles. The minimum absolute atomic E-state index is 0.0520. The maximum Gasteiger partial charge on any atom is 0.317 e. The molecular formula is C16H18ClN5O. The lowest BCUT2D eigenvalue weighted by Crippen LogP contribution is -2.49. The number of benzene rings is 1. The maximum atomic E-state index is 11.9. The van der Waals surface area contributed by atoms with Gasteiger partial charge in [0.15, 0.2) is 0 Å². The Morgan fingerprint density at radius 2 is 2.17 bits per heavy atom. The molecule has 1 unspecified atom stereocenters. The monoisotopic (exact) mass is 331 g/mol. The molecule has 120 valence electrons. The van der Waals surface area contributed by atoms with Crippen LogP contribution in [-0.4, -0.2) is 53.1 Å². The van der Waals surface area contributed by atoms with Crippen molar-refractivity contribution in [2.24, 2.45) is 0 Å².